The molecule has 0 bridgehead atoms. The second kappa shape index (κ2) is 5.81. The molecular weight excluding hydrogens is 300 g/mol. The minimum atomic E-state index is 0.694. The van der Waals surface area contributed by atoms with Gasteiger partial charge in [0.15, 0.2) is 11.5 Å². The van der Waals surface area contributed by atoms with Gasteiger partial charge in [0.2, 0.25) is 0 Å². The molecule has 0 radical (unpaired) electrons. The fourth-order valence-electron chi connectivity index (χ4n) is 2.92. The molecule has 0 aliphatic rings. The molecule has 0 aliphatic carbocycles. The van der Waals surface area contributed by atoms with Gasteiger partial charge < -0.3 is 9.47 Å². The van der Waals surface area contributed by atoms with Crippen LogP contribution in [0.3, 0.4) is 0 Å². The topological polar surface area (TPSA) is 44.2 Å². The van der Waals surface area contributed by atoms with Crippen LogP contribution in [0.4, 0.5) is 0 Å². The highest BCUT2D eigenvalue weighted by Gasteiger charge is 2.09. The molecule has 2 heterocycles. The number of rotatable bonds is 3. The molecule has 0 fully saturated rings. The Balaban J connectivity index is 1.87. The third-order valence-corrected chi connectivity index (χ3v) is 4.13. The van der Waals surface area contributed by atoms with Gasteiger partial charge in [-0.05, 0) is 48.5 Å². The summed E-state index contributed by atoms with van der Waals surface area (Å²) < 4.78 is 10.7. The lowest BCUT2D eigenvalue weighted by Crippen LogP contribution is -1.92. The summed E-state index contributed by atoms with van der Waals surface area (Å²) in [4.78, 5) is 9.20. The molecule has 0 aliphatic heterocycles. The molecule has 24 heavy (non-hydrogen) atoms. The van der Waals surface area contributed by atoms with Gasteiger partial charge >= 0.3 is 0 Å². The Morgan fingerprint density at radius 2 is 1.54 bits per heavy atom. The lowest BCUT2D eigenvalue weighted by Gasteiger charge is -2.10. The predicted octanol–water partition coefficient (Wildman–Crippen LogP) is 4.47. The number of hydrogen-bond donors (Lipinski definition) is 0. The number of fused-ring (bicyclic) bond motifs is 3. The van der Waals surface area contributed by atoms with Gasteiger partial charge in [0.25, 0.3) is 0 Å². The summed E-state index contributed by atoms with van der Waals surface area (Å²) in [6.45, 7) is 0. The van der Waals surface area contributed by atoms with Crippen molar-refractivity contribution in [1.82, 2.24) is 9.97 Å². The molecule has 2 aromatic carbocycles. The van der Waals surface area contributed by atoms with E-state index in [1.807, 2.05) is 42.5 Å². The molecule has 4 aromatic rings. The van der Waals surface area contributed by atoms with E-state index in [4.69, 9.17) is 14.5 Å². The zero-order chi connectivity index (χ0) is 16.5. The first-order chi connectivity index (χ1) is 11.8. The minimum absolute atomic E-state index is 0.694. The number of benzene rings is 2. The molecule has 118 valence electrons. The normalized spacial score (nSPS) is 10.9. The van der Waals surface area contributed by atoms with Crippen LogP contribution in [0.5, 0.6) is 11.5 Å². The fourth-order valence-corrected chi connectivity index (χ4v) is 2.92. The van der Waals surface area contributed by atoms with E-state index in [1.165, 1.54) is 0 Å². The van der Waals surface area contributed by atoms with Gasteiger partial charge in [-0.15, -0.1) is 0 Å². The lowest BCUT2D eigenvalue weighted by molar-refractivity contribution is 0.355. The maximum absolute atomic E-state index is 5.38. The SMILES string of the molecule is COc1ccc(-c2ccc3c(ccc4ncccc43)n2)cc1OC. The molecule has 0 spiro atoms. The molecule has 4 heteroatoms. The van der Waals surface area contributed by atoms with Crippen molar-refractivity contribution in [3.8, 4) is 22.8 Å². The van der Waals surface area contributed by atoms with Crippen LogP contribution in [0.2, 0.25) is 0 Å². The predicted molar refractivity (Wildman–Crippen MR) is 95.6 cm³/mol. The van der Waals surface area contributed by atoms with Crippen LogP contribution in [0.1, 0.15) is 0 Å². The molecule has 0 saturated carbocycles. The second-order valence-electron chi connectivity index (χ2n) is 5.47. The zero-order valence-electron chi connectivity index (χ0n) is 13.5. The average Bonchev–Trinajstić information content (AvgIpc) is 2.66. The van der Waals surface area contributed by atoms with E-state index in [0.29, 0.717) is 11.5 Å². The maximum Gasteiger partial charge on any atom is 0.161 e. The number of ether oxygens (including phenoxy) is 2. The highest BCUT2D eigenvalue weighted by Crippen LogP contribution is 2.33. The molecule has 0 atom stereocenters. The number of nitrogens with zero attached hydrogens (tertiary/aromatic N) is 2. The van der Waals surface area contributed by atoms with E-state index >= 15 is 0 Å². The van der Waals surface area contributed by atoms with Crippen LogP contribution in [0.25, 0.3) is 33.1 Å². The van der Waals surface area contributed by atoms with Crippen LogP contribution in [0, 0.1) is 0 Å². The highest BCUT2D eigenvalue weighted by molar-refractivity contribution is 6.05. The van der Waals surface area contributed by atoms with Gasteiger partial charge in [-0.3, -0.25) is 4.98 Å². The quantitative estimate of drug-likeness (QED) is 0.523. The Morgan fingerprint density at radius 1 is 0.750 bits per heavy atom. The summed E-state index contributed by atoms with van der Waals surface area (Å²) in [6, 6.07) is 18.0. The van der Waals surface area contributed by atoms with Crippen LogP contribution in [-0.2, 0) is 0 Å². The van der Waals surface area contributed by atoms with Gasteiger partial charge in [-0.2, -0.15) is 0 Å². The van der Waals surface area contributed by atoms with Crippen LogP contribution in [-0.4, -0.2) is 24.2 Å². The summed E-state index contributed by atoms with van der Waals surface area (Å²) in [6.07, 6.45) is 1.81. The van der Waals surface area contributed by atoms with E-state index in [1.54, 1.807) is 20.4 Å². The third-order valence-electron chi connectivity index (χ3n) is 4.13. The Hall–Kier alpha value is -3.14. The molecule has 2 aromatic heterocycles. The lowest BCUT2D eigenvalue weighted by atomic mass is 10.1. The summed E-state index contributed by atoms with van der Waals surface area (Å²) >= 11 is 0. The van der Waals surface area contributed by atoms with E-state index in [0.717, 1.165) is 33.1 Å². The van der Waals surface area contributed by atoms with Crippen molar-refractivity contribution in [3.05, 3.63) is 60.8 Å². The Labute approximate surface area is 139 Å². The molecule has 4 rings (SSSR count). The van der Waals surface area contributed by atoms with Crippen molar-refractivity contribution in [3.63, 3.8) is 0 Å². The molecule has 4 nitrogen and oxygen atoms in total. The summed E-state index contributed by atoms with van der Waals surface area (Å²) in [7, 11) is 3.26. The first-order valence-corrected chi connectivity index (χ1v) is 7.67. The highest BCUT2D eigenvalue weighted by atomic mass is 16.5. The third kappa shape index (κ3) is 2.33. The maximum atomic E-state index is 5.38. The monoisotopic (exact) mass is 316 g/mol. The summed E-state index contributed by atoms with van der Waals surface area (Å²) in [5, 5.41) is 2.21. The Bertz CT molecular complexity index is 1040. The minimum Gasteiger partial charge on any atom is -0.493 e. The van der Waals surface area contributed by atoms with Crippen molar-refractivity contribution in [2.45, 2.75) is 0 Å². The number of pyridine rings is 2. The first-order valence-electron chi connectivity index (χ1n) is 7.67. The molecular formula is C20H16N2O2. The van der Waals surface area contributed by atoms with Crippen molar-refractivity contribution in [2.75, 3.05) is 14.2 Å². The van der Waals surface area contributed by atoms with Gasteiger partial charge in [0, 0.05) is 22.5 Å². The Kier molecular flexibility index (Phi) is 3.50. The molecule has 0 N–H and O–H groups in total. The van der Waals surface area contributed by atoms with Gasteiger partial charge in [0.1, 0.15) is 0 Å². The van der Waals surface area contributed by atoms with Crippen molar-refractivity contribution < 1.29 is 9.47 Å². The van der Waals surface area contributed by atoms with Crippen molar-refractivity contribution in [1.29, 1.82) is 0 Å². The number of hydrogen-bond acceptors (Lipinski definition) is 4. The van der Waals surface area contributed by atoms with E-state index < -0.39 is 0 Å². The van der Waals surface area contributed by atoms with E-state index in [2.05, 4.69) is 17.1 Å². The average molecular weight is 316 g/mol. The molecule has 0 saturated heterocycles. The van der Waals surface area contributed by atoms with Gasteiger partial charge in [-0.1, -0.05) is 6.07 Å². The van der Waals surface area contributed by atoms with Crippen molar-refractivity contribution in [2.24, 2.45) is 0 Å². The standard InChI is InChI=1S/C20H16N2O2/c1-23-19-10-5-13(12-20(19)24-2)16-7-6-15-14-4-3-11-21-17(14)8-9-18(15)22-16/h3-12H,1-2H3. The van der Waals surface area contributed by atoms with Gasteiger partial charge in [-0.25, -0.2) is 4.98 Å². The van der Waals surface area contributed by atoms with Crippen LogP contribution >= 0.6 is 0 Å². The molecule has 0 unspecified atom stereocenters. The zero-order valence-corrected chi connectivity index (χ0v) is 13.5. The summed E-state index contributed by atoms with van der Waals surface area (Å²) in [5.41, 5.74) is 3.81. The number of aromatic nitrogens is 2. The smallest absolute Gasteiger partial charge is 0.161 e. The van der Waals surface area contributed by atoms with Crippen LogP contribution in [0.15, 0.2) is 60.8 Å². The fraction of sp³-hybridized carbons (Fsp3) is 0.100. The van der Waals surface area contributed by atoms with Crippen LogP contribution < -0.4 is 9.47 Å². The van der Waals surface area contributed by atoms with Crippen molar-refractivity contribution >= 4 is 21.8 Å². The largest absolute Gasteiger partial charge is 0.493 e. The second-order valence-corrected chi connectivity index (χ2v) is 5.47. The first kappa shape index (κ1) is 14.5. The van der Waals surface area contributed by atoms with Gasteiger partial charge in [0.05, 0.1) is 30.9 Å². The molecule has 0 amide bonds. The summed E-state index contributed by atoms with van der Waals surface area (Å²) in [5.74, 6) is 1.40. The van der Waals surface area contributed by atoms with E-state index in [9.17, 15) is 0 Å². The van der Waals surface area contributed by atoms with E-state index in [-0.39, 0.29) is 0 Å². The number of methoxy groups -OCH3 is 2. The Morgan fingerprint density at radius 3 is 2.38 bits per heavy atom.